The highest BCUT2D eigenvalue weighted by Gasteiger charge is 2.21. The van der Waals surface area contributed by atoms with Crippen molar-refractivity contribution < 1.29 is 9.53 Å². The minimum Gasteiger partial charge on any atom is -0.381 e. The molecular weight excluding hydrogens is 358 g/mol. The van der Waals surface area contributed by atoms with Gasteiger partial charge in [0.15, 0.2) is 0 Å². The molecule has 0 bridgehead atoms. The van der Waals surface area contributed by atoms with Gasteiger partial charge in [0.05, 0.1) is 11.9 Å². The average Bonchev–Trinajstić information content (AvgIpc) is 2.57. The van der Waals surface area contributed by atoms with Gasteiger partial charge < -0.3 is 15.4 Å². The molecule has 0 unspecified atom stereocenters. The molecule has 1 aromatic carbocycles. The SMILES string of the molecule is O=C(Nc1ccc(Nc2cccc(Br)c2)nc1)C1CCOCC1. The van der Waals surface area contributed by atoms with Crippen molar-refractivity contribution in [1.82, 2.24) is 4.98 Å². The number of carbonyl (C=O) groups excluding carboxylic acids is 1. The van der Waals surface area contributed by atoms with Crippen molar-refractivity contribution >= 4 is 39.0 Å². The number of amides is 1. The molecule has 2 aromatic rings. The van der Waals surface area contributed by atoms with E-state index in [-0.39, 0.29) is 11.8 Å². The number of anilines is 3. The van der Waals surface area contributed by atoms with Crippen molar-refractivity contribution in [1.29, 1.82) is 0 Å². The highest BCUT2D eigenvalue weighted by Crippen LogP contribution is 2.21. The number of hydrogen-bond donors (Lipinski definition) is 2. The molecule has 2 heterocycles. The summed E-state index contributed by atoms with van der Waals surface area (Å²) >= 11 is 3.44. The van der Waals surface area contributed by atoms with E-state index in [1.807, 2.05) is 36.4 Å². The first-order chi connectivity index (χ1) is 11.2. The number of nitrogens with one attached hydrogen (secondary N) is 2. The quantitative estimate of drug-likeness (QED) is 0.848. The predicted octanol–water partition coefficient (Wildman–Crippen LogP) is 3.95. The maximum absolute atomic E-state index is 12.2. The summed E-state index contributed by atoms with van der Waals surface area (Å²) in [6.07, 6.45) is 3.22. The third-order valence-electron chi connectivity index (χ3n) is 3.72. The van der Waals surface area contributed by atoms with Crippen LogP contribution in [0.1, 0.15) is 12.8 Å². The van der Waals surface area contributed by atoms with E-state index in [1.54, 1.807) is 6.20 Å². The summed E-state index contributed by atoms with van der Waals surface area (Å²) in [7, 11) is 0. The van der Waals surface area contributed by atoms with Gasteiger partial charge in [-0.3, -0.25) is 4.79 Å². The van der Waals surface area contributed by atoms with Crippen molar-refractivity contribution in [2.45, 2.75) is 12.8 Å². The second-order valence-electron chi connectivity index (χ2n) is 5.44. The van der Waals surface area contributed by atoms with Crippen LogP contribution in [0.5, 0.6) is 0 Å². The normalized spacial score (nSPS) is 15.2. The van der Waals surface area contributed by atoms with Crippen molar-refractivity contribution in [2.24, 2.45) is 5.92 Å². The minimum atomic E-state index is 0.0308. The molecule has 0 saturated carbocycles. The number of benzene rings is 1. The van der Waals surface area contributed by atoms with Gasteiger partial charge in [-0.25, -0.2) is 4.98 Å². The molecule has 1 saturated heterocycles. The second kappa shape index (κ2) is 7.57. The van der Waals surface area contributed by atoms with E-state index in [0.29, 0.717) is 18.9 Å². The third-order valence-corrected chi connectivity index (χ3v) is 4.21. The van der Waals surface area contributed by atoms with E-state index in [1.165, 1.54) is 0 Å². The molecular formula is C17H18BrN3O2. The Morgan fingerprint density at radius 2 is 2.00 bits per heavy atom. The Balaban J connectivity index is 1.59. The number of rotatable bonds is 4. The zero-order valence-corrected chi connectivity index (χ0v) is 14.2. The molecule has 0 atom stereocenters. The lowest BCUT2D eigenvalue weighted by Crippen LogP contribution is -2.28. The number of halogens is 1. The summed E-state index contributed by atoms with van der Waals surface area (Å²) in [5, 5.41) is 6.14. The van der Waals surface area contributed by atoms with Gasteiger partial charge in [-0.05, 0) is 43.2 Å². The molecule has 1 aliphatic rings. The van der Waals surface area contributed by atoms with Crippen molar-refractivity contribution in [2.75, 3.05) is 23.8 Å². The Hall–Kier alpha value is -1.92. The average molecular weight is 376 g/mol. The van der Waals surface area contributed by atoms with Gasteiger partial charge in [0.2, 0.25) is 5.91 Å². The number of carbonyl (C=O) groups is 1. The number of pyridine rings is 1. The van der Waals surface area contributed by atoms with E-state index >= 15 is 0 Å². The lowest BCUT2D eigenvalue weighted by Gasteiger charge is -2.21. The molecule has 1 aliphatic heterocycles. The maximum atomic E-state index is 12.2. The van der Waals surface area contributed by atoms with Crippen molar-refractivity contribution in [3.63, 3.8) is 0 Å². The lowest BCUT2D eigenvalue weighted by atomic mass is 9.99. The van der Waals surface area contributed by atoms with Gasteiger partial charge in [-0.15, -0.1) is 0 Å². The number of nitrogens with zero attached hydrogens (tertiary/aromatic N) is 1. The topological polar surface area (TPSA) is 63.2 Å². The number of hydrogen-bond acceptors (Lipinski definition) is 4. The first kappa shape index (κ1) is 16.0. The molecule has 23 heavy (non-hydrogen) atoms. The van der Waals surface area contributed by atoms with E-state index < -0.39 is 0 Å². The van der Waals surface area contributed by atoms with Crippen LogP contribution in [0.2, 0.25) is 0 Å². The smallest absolute Gasteiger partial charge is 0.227 e. The molecule has 6 heteroatoms. The van der Waals surface area contributed by atoms with Crippen LogP contribution in [0.25, 0.3) is 0 Å². The van der Waals surface area contributed by atoms with E-state index in [9.17, 15) is 4.79 Å². The van der Waals surface area contributed by atoms with Crippen LogP contribution in [0.3, 0.4) is 0 Å². The zero-order chi connectivity index (χ0) is 16.1. The molecule has 1 amide bonds. The maximum Gasteiger partial charge on any atom is 0.227 e. The van der Waals surface area contributed by atoms with Crippen molar-refractivity contribution in [3.05, 3.63) is 47.1 Å². The predicted molar refractivity (Wildman–Crippen MR) is 93.8 cm³/mol. The molecule has 1 aromatic heterocycles. The highest BCUT2D eigenvalue weighted by molar-refractivity contribution is 9.10. The highest BCUT2D eigenvalue weighted by atomic mass is 79.9. The summed E-state index contributed by atoms with van der Waals surface area (Å²) in [6, 6.07) is 11.6. The van der Waals surface area contributed by atoms with Crippen LogP contribution in [0.15, 0.2) is 47.1 Å². The monoisotopic (exact) mass is 375 g/mol. The standard InChI is InChI=1S/C17H18BrN3O2/c18-13-2-1-3-14(10-13)20-16-5-4-15(11-19-16)21-17(22)12-6-8-23-9-7-12/h1-5,10-12H,6-9H2,(H,19,20)(H,21,22). The Morgan fingerprint density at radius 1 is 1.17 bits per heavy atom. The number of aromatic nitrogens is 1. The second-order valence-corrected chi connectivity index (χ2v) is 6.36. The first-order valence-corrected chi connectivity index (χ1v) is 8.37. The van der Waals surface area contributed by atoms with E-state index in [0.717, 1.165) is 28.8 Å². The van der Waals surface area contributed by atoms with Gasteiger partial charge in [-0.2, -0.15) is 0 Å². The first-order valence-electron chi connectivity index (χ1n) is 7.58. The Kier molecular flexibility index (Phi) is 5.25. The lowest BCUT2D eigenvalue weighted by molar-refractivity contribution is -0.122. The minimum absolute atomic E-state index is 0.0308. The molecule has 3 rings (SSSR count). The summed E-state index contributed by atoms with van der Waals surface area (Å²) in [5.74, 6) is 0.804. The van der Waals surface area contributed by atoms with E-state index in [4.69, 9.17) is 4.74 Å². The van der Waals surface area contributed by atoms with Crippen LogP contribution in [-0.2, 0) is 9.53 Å². The summed E-state index contributed by atoms with van der Waals surface area (Å²) in [6.45, 7) is 1.32. The molecule has 0 spiro atoms. The summed E-state index contributed by atoms with van der Waals surface area (Å²) < 4.78 is 6.28. The van der Waals surface area contributed by atoms with Crippen LogP contribution in [-0.4, -0.2) is 24.1 Å². The zero-order valence-electron chi connectivity index (χ0n) is 12.6. The molecule has 0 aliphatic carbocycles. The third kappa shape index (κ3) is 4.53. The molecule has 0 radical (unpaired) electrons. The number of ether oxygens (including phenoxy) is 1. The fourth-order valence-electron chi connectivity index (χ4n) is 2.46. The van der Waals surface area contributed by atoms with Crippen LogP contribution < -0.4 is 10.6 Å². The summed E-state index contributed by atoms with van der Waals surface area (Å²) in [5.41, 5.74) is 1.66. The van der Waals surface area contributed by atoms with Gasteiger partial charge >= 0.3 is 0 Å². The molecule has 1 fully saturated rings. The van der Waals surface area contributed by atoms with E-state index in [2.05, 4.69) is 31.5 Å². The van der Waals surface area contributed by atoms with Gasteiger partial charge in [0.25, 0.3) is 0 Å². The van der Waals surface area contributed by atoms with Gasteiger partial charge in [-0.1, -0.05) is 22.0 Å². The van der Waals surface area contributed by atoms with Crippen LogP contribution >= 0.6 is 15.9 Å². The Bertz CT molecular complexity index is 670. The summed E-state index contributed by atoms with van der Waals surface area (Å²) in [4.78, 5) is 16.5. The Labute approximate surface area is 143 Å². The fraction of sp³-hybridized carbons (Fsp3) is 0.294. The van der Waals surface area contributed by atoms with Crippen LogP contribution in [0, 0.1) is 5.92 Å². The molecule has 2 N–H and O–H groups in total. The van der Waals surface area contributed by atoms with Crippen LogP contribution in [0.4, 0.5) is 17.2 Å². The van der Waals surface area contributed by atoms with Crippen molar-refractivity contribution in [3.8, 4) is 0 Å². The molecule has 120 valence electrons. The van der Waals surface area contributed by atoms with Gasteiger partial charge in [0, 0.05) is 29.3 Å². The largest absolute Gasteiger partial charge is 0.381 e. The van der Waals surface area contributed by atoms with Gasteiger partial charge in [0.1, 0.15) is 5.82 Å². The Morgan fingerprint density at radius 3 is 2.70 bits per heavy atom. The molecule has 5 nitrogen and oxygen atoms in total. The fourth-order valence-corrected chi connectivity index (χ4v) is 2.86.